The summed E-state index contributed by atoms with van der Waals surface area (Å²) < 4.78 is 6.17. The first-order valence-corrected chi connectivity index (χ1v) is 14.0. The Kier molecular flexibility index (Phi) is 8.95. The molecule has 3 atom stereocenters. The van der Waals surface area contributed by atoms with Crippen LogP contribution in [0.3, 0.4) is 0 Å². The highest BCUT2D eigenvalue weighted by molar-refractivity contribution is 9.10. The van der Waals surface area contributed by atoms with E-state index in [0.29, 0.717) is 10.2 Å². The summed E-state index contributed by atoms with van der Waals surface area (Å²) in [6.45, 7) is 2.14. The number of nitrogens with zero attached hydrogens (tertiary/aromatic N) is 1. The summed E-state index contributed by atoms with van der Waals surface area (Å²) in [6.07, 6.45) is 8.01. The lowest BCUT2D eigenvalue weighted by Crippen LogP contribution is -2.55. The number of methoxy groups -OCH3 is 1. The van der Waals surface area contributed by atoms with Crippen molar-refractivity contribution in [2.45, 2.75) is 62.8 Å². The van der Waals surface area contributed by atoms with Crippen LogP contribution < -0.4 is 10.1 Å². The summed E-state index contributed by atoms with van der Waals surface area (Å²) in [5.41, 5.74) is 2.20. The van der Waals surface area contributed by atoms with Gasteiger partial charge in [0.05, 0.1) is 16.5 Å². The zero-order chi connectivity index (χ0) is 24.8. The quantitative estimate of drug-likeness (QED) is 0.416. The maximum Gasteiger partial charge on any atom is 0.261 e. The molecule has 1 aliphatic carbocycles. The summed E-state index contributed by atoms with van der Waals surface area (Å²) in [5, 5.41) is 3.45. The summed E-state index contributed by atoms with van der Waals surface area (Å²) in [4.78, 5) is 29.1. The topological polar surface area (TPSA) is 58.6 Å². The van der Waals surface area contributed by atoms with Crippen LogP contribution in [0.4, 0.5) is 0 Å². The Labute approximate surface area is 220 Å². The standard InChI is InChI=1S/C28H33BrN2O3S/c1-19(12-13-20-8-4-3-5-9-20)30-27(32)18-31-23-10-6-7-11-25(23)35-26(28(31)33)17-21-14-15-24(34-2)22(29)16-21/h3-5,8-9,14-17,19,23,25H,6-7,10-13,18H2,1-2H3,(H,30,32)/b26-17+. The maximum atomic E-state index is 13.5. The molecular formula is C28H33BrN2O3S. The number of rotatable bonds is 8. The predicted molar refractivity (Wildman–Crippen MR) is 146 cm³/mol. The number of fused-ring (bicyclic) bond motifs is 1. The fourth-order valence-corrected chi connectivity index (χ4v) is 6.89. The van der Waals surface area contributed by atoms with Gasteiger partial charge in [-0.3, -0.25) is 9.59 Å². The molecule has 35 heavy (non-hydrogen) atoms. The zero-order valence-corrected chi connectivity index (χ0v) is 22.7. The Hall–Kier alpha value is -2.25. The van der Waals surface area contributed by atoms with Crippen LogP contribution >= 0.6 is 27.7 Å². The largest absolute Gasteiger partial charge is 0.496 e. The highest BCUT2D eigenvalue weighted by atomic mass is 79.9. The lowest BCUT2D eigenvalue weighted by atomic mass is 9.93. The average Bonchev–Trinajstić information content (AvgIpc) is 2.86. The number of ether oxygens (including phenoxy) is 1. The first kappa shape index (κ1) is 25.8. The molecule has 0 spiro atoms. The minimum atomic E-state index is -0.0818. The summed E-state index contributed by atoms with van der Waals surface area (Å²) in [5.74, 6) is 0.626. The van der Waals surface area contributed by atoms with E-state index in [9.17, 15) is 9.59 Å². The van der Waals surface area contributed by atoms with Gasteiger partial charge in [-0.15, -0.1) is 11.8 Å². The lowest BCUT2D eigenvalue weighted by molar-refractivity contribution is -0.135. The van der Waals surface area contributed by atoms with Crippen LogP contribution in [0.5, 0.6) is 5.75 Å². The van der Waals surface area contributed by atoms with E-state index >= 15 is 0 Å². The van der Waals surface area contributed by atoms with Crippen molar-refractivity contribution in [2.75, 3.05) is 13.7 Å². The smallest absolute Gasteiger partial charge is 0.261 e. The number of hydrogen-bond donors (Lipinski definition) is 1. The van der Waals surface area contributed by atoms with E-state index in [1.165, 1.54) is 12.0 Å². The minimum Gasteiger partial charge on any atom is -0.496 e. The Morgan fingerprint density at radius 2 is 2.00 bits per heavy atom. The minimum absolute atomic E-state index is 0.0443. The molecule has 186 valence electrons. The van der Waals surface area contributed by atoms with E-state index in [-0.39, 0.29) is 30.4 Å². The van der Waals surface area contributed by atoms with Crippen molar-refractivity contribution in [3.05, 3.63) is 69.0 Å². The van der Waals surface area contributed by atoms with Crippen molar-refractivity contribution >= 4 is 45.6 Å². The zero-order valence-electron chi connectivity index (χ0n) is 20.3. The van der Waals surface area contributed by atoms with Gasteiger partial charge in [0.2, 0.25) is 5.91 Å². The monoisotopic (exact) mass is 556 g/mol. The van der Waals surface area contributed by atoms with Gasteiger partial charge in [-0.1, -0.05) is 49.2 Å². The molecular weight excluding hydrogens is 524 g/mol. The third-order valence-electron chi connectivity index (χ3n) is 6.72. The lowest BCUT2D eigenvalue weighted by Gasteiger charge is -2.44. The van der Waals surface area contributed by atoms with Crippen LogP contribution in [0, 0.1) is 0 Å². The molecule has 1 saturated carbocycles. The predicted octanol–water partition coefficient (Wildman–Crippen LogP) is 5.82. The molecule has 3 unspecified atom stereocenters. The molecule has 1 heterocycles. The molecule has 2 amide bonds. The van der Waals surface area contributed by atoms with Crippen molar-refractivity contribution in [3.63, 3.8) is 0 Å². The molecule has 7 heteroatoms. The van der Waals surface area contributed by atoms with E-state index in [0.717, 1.165) is 47.9 Å². The molecule has 1 saturated heterocycles. The molecule has 4 rings (SSSR count). The van der Waals surface area contributed by atoms with E-state index in [1.807, 2.05) is 54.3 Å². The number of carbonyl (C=O) groups excluding carboxylic acids is 2. The number of aryl methyl sites for hydroxylation is 1. The second-order valence-electron chi connectivity index (χ2n) is 9.34. The molecule has 2 aromatic carbocycles. The third kappa shape index (κ3) is 6.70. The fraction of sp³-hybridized carbons (Fsp3) is 0.429. The van der Waals surface area contributed by atoms with E-state index < -0.39 is 0 Å². The van der Waals surface area contributed by atoms with Gasteiger partial charge < -0.3 is 15.0 Å². The number of nitrogens with one attached hydrogen (secondary N) is 1. The molecule has 0 bridgehead atoms. The SMILES string of the molecule is COc1ccc(/C=C2/SC3CCCCC3N(CC(=O)NC(C)CCc3ccccc3)C2=O)cc1Br. The molecule has 2 fully saturated rings. The third-order valence-corrected chi connectivity index (χ3v) is 8.74. The Morgan fingerprint density at radius 3 is 2.74 bits per heavy atom. The van der Waals surface area contributed by atoms with Gasteiger partial charge in [0.15, 0.2) is 0 Å². The van der Waals surface area contributed by atoms with Gasteiger partial charge in [-0.2, -0.15) is 0 Å². The molecule has 1 aliphatic heterocycles. The van der Waals surface area contributed by atoms with E-state index in [2.05, 4.69) is 33.4 Å². The molecule has 0 aromatic heterocycles. The number of thioether (sulfide) groups is 1. The van der Waals surface area contributed by atoms with Crippen LogP contribution in [-0.4, -0.2) is 47.7 Å². The highest BCUT2D eigenvalue weighted by Gasteiger charge is 2.41. The number of hydrogen-bond acceptors (Lipinski definition) is 4. The van der Waals surface area contributed by atoms with Crippen molar-refractivity contribution < 1.29 is 14.3 Å². The van der Waals surface area contributed by atoms with Crippen LogP contribution in [0.25, 0.3) is 6.08 Å². The first-order valence-electron chi connectivity index (χ1n) is 12.3. The molecule has 2 aromatic rings. The fourth-order valence-electron chi connectivity index (χ4n) is 4.86. The molecule has 0 radical (unpaired) electrons. The number of halogens is 1. The average molecular weight is 558 g/mol. The summed E-state index contributed by atoms with van der Waals surface area (Å²) in [6, 6.07) is 16.3. The van der Waals surface area contributed by atoms with Gasteiger partial charge in [0.1, 0.15) is 12.3 Å². The van der Waals surface area contributed by atoms with Gasteiger partial charge in [0, 0.05) is 17.3 Å². The van der Waals surface area contributed by atoms with Gasteiger partial charge in [-0.25, -0.2) is 0 Å². The summed E-state index contributed by atoms with van der Waals surface area (Å²) in [7, 11) is 1.63. The van der Waals surface area contributed by atoms with Crippen molar-refractivity contribution in [1.82, 2.24) is 10.2 Å². The Morgan fingerprint density at radius 1 is 1.23 bits per heavy atom. The molecule has 5 nitrogen and oxygen atoms in total. The van der Waals surface area contributed by atoms with Crippen LogP contribution in [0.1, 0.15) is 50.2 Å². The molecule has 2 aliphatic rings. The van der Waals surface area contributed by atoms with E-state index in [1.54, 1.807) is 18.9 Å². The van der Waals surface area contributed by atoms with Crippen molar-refractivity contribution in [3.8, 4) is 5.75 Å². The van der Waals surface area contributed by atoms with Gasteiger partial charge in [0.25, 0.3) is 5.91 Å². The Balaban J connectivity index is 1.44. The van der Waals surface area contributed by atoms with E-state index in [4.69, 9.17) is 4.74 Å². The van der Waals surface area contributed by atoms with Crippen molar-refractivity contribution in [2.24, 2.45) is 0 Å². The number of amides is 2. The summed E-state index contributed by atoms with van der Waals surface area (Å²) >= 11 is 5.20. The first-order chi connectivity index (χ1) is 16.9. The van der Waals surface area contributed by atoms with Crippen LogP contribution in [0.2, 0.25) is 0 Å². The normalized spacial score (nSPS) is 22.0. The highest BCUT2D eigenvalue weighted by Crippen LogP contribution is 2.42. The van der Waals surface area contributed by atoms with Crippen LogP contribution in [-0.2, 0) is 16.0 Å². The maximum absolute atomic E-state index is 13.5. The number of carbonyl (C=O) groups is 2. The van der Waals surface area contributed by atoms with Crippen molar-refractivity contribution in [1.29, 1.82) is 0 Å². The number of benzene rings is 2. The second-order valence-corrected chi connectivity index (χ2v) is 11.5. The van der Waals surface area contributed by atoms with Gasteiger partial charge in [-0.05, 0) is 77.9 Å². The molecule has 1 N–H and O–H groups in total. The van der Waals surface area contributed by atoms with Crippen LogP contribution in [0.15, 0.2) is 57.9 Å². The second kappa shape index (κ2) is 12.1. The van der Waals surface area contributed by atoms with Gasteiger partial charge >= 0.3 is 0 Å². The Bertz CT molecular complexity index is 1080.